The maximum Gasteiger partial charge on any atom is 0.251 e. The van der Waals surface area contributed by atoms with Gasteiger partial charge in [-0.2, -0.15) is 0 Å². The molecular formula is C9H13N3O. The second-order valence-electron chi connectivity index (χ2n) is 2.67. The molecule has 1 rings (SSSR count). The molecule has 5 N–H and O–H groups in total. The van der Waals surface area contributed by atoms with Crippen molar-refractivity contribution in [3.63, 3.8) is 0 Å². The summed E-state index contributed by atoms with van der Waals surface area (Å²) in [5.74, 6) is -0.141. The molecule has 4 nitrogen and oxygen atoms in total. The predicted molar refractivity (Wildman–Crippen MR) is 52.2 cm³/mol. The number of anilines is 1. The Morgan fingerprint density at radius 2 is 2.23 bits per heavy atom. The number of carbonyl (C=O) groups is 1. The minimum atomic E-state index is -0.141. The minimum Gasteiger partial charge on any atom is -0.399 e. The van der Waals surface area contributed by atoms with Crippen molar-refractivity contribution in [1.29, 1.82) is 0 Å². The first-order valence-corrected chi connectivity index (χ1v) is 4.08. The number of nitrogen functional groups attached to an aromatic ring is 1. The maximum absolute atomic E-state index is 11.3. The number of hydrogen-bond acceptors (Lipinski definition) is 3. The van der Waals surface area contributed by atoms with Gasteiger partial charge in [-0.3, -0.25) is 4.79 Å². The van der Waals surface area contributed by atoms with Gasteiger partial charge in [-0.15, -0.1) is 0 Å². The highest BCUT2D eigenvalue weighted by molar-refractivity contribution is 5.94. The summed E-state index contributed by atoms with van der Waals surface area (Å²) in [5.41, 5.74) is 11.9. The van der Waals surface area contributed by atoms with Crippen LogP contribution in [-0.4, -0.2) is 19.0 Å². The van der Waals surface area contributed by atoms with Gasteiger partial charge in [0.15, 0.2) is 0 Å². The van der Waals surface area contributed by atoms with Crippen molar-refractivity contribution in [3.05, 3.63) is 29.8 Å². The van der Waals surface area contributed by atoms with Crippen molar-refractivity contribution >= 4 is 11.6 Å². The van der Waals surface area contributed by atoms with Crippen LogP contribution < -0.4 is 16.8 Å². The predicted octanol–water partition coefficient (Wildman–Crippen LogP) is -0.0427. The summed E-state index contributed by atoms with van der Waals surface area (Å²) in [6.07, 6.45) is 0. The third-order valence-electron chi connectivity index (χ3n) is 1.58. The zero-order valence-electron chi connectivity index (χ0n) is 7.29. The van der Waals surface area contributed by atoms with Crippen LogP contribution in [0.3, 0.4) is 0 Å². The zero-order valence-corrected chi connectivity index (χ0v) is 7.29. The van der Waals surface area contributed by atoms with E-state index in [9.17, 15) is 4.79 Å². The third kappa shape index (κ3) is 2.76. The highest BCUT2D eigenvalue weighted by Crippen LogP contribution is 2.05. The van der Waals surface area contributed by atoms with Crippen LogP contribution in [0.4, 0.5) is 5.69 Å². The van der Waals surface area contributed by atoms with Crippen molar-refractivity contribution in [3.8, 4) is 0 Å². The quantitative estimate of drug-likeness (QED) is 0.569. The van der Waals surface area contributed by atoms with Crippen LogP contribution in [0.15, 0.2) is 24.3 Å². The number of nitrogens with two attached hydrogens (primary N) is 2. The van der Waals surface area contributed by atoms with Gasteiger partial charge in [0.2, 0.25) is 0 Å². The first kappa shape index (κ1) is 9.54. The zero-order chi connectivity index (χ0) is 9.68. The van der Waals surface area contributed by atoms with Gasteiger partial charge in [-0.05, 0) is 18.2 Å². The fraction of sp³-hybridized carbons (Fsp3) is 0.222. The van der Waals surface area contributed by atoms with E-state index >= 15 is 0 Å². The molecule has 1 aromatic rings. The van der Waals surface area contributed by atoms with Crippen molar-refractivity contribution in [2.75, 3.05) is 18.8 Å². The van der Waals surface area contributed by atoms with Gasteiger partial charge in [0.1, 0.15) is 0 Å². The molecule has 0 aromatic heterocycles. The smallest absolute Gasteiger partial charge is 0.251 e. The highest BCUT2D eigenvalue weighted by atomic mass is 16.1. The molecule has 1 aromatic carbocycles. The van der Waals surface area contributed by atoms with Crippen molar-refractivity contribution < 1.29 is 4.79 Å². The molecular weight excluding hydrogens is 166 g/mol. The lowest BCUT2D eigenvalue weighted by Gasteiger charge is -2.03. The van der Waals surface area contributed by atoms with Crippen LogP contribution in [-0.2, 0) is 0 Å². The molecule has 1 amide bonds. The Morgan fingerprint density at radius 1 is 1.46 bits per heavy atom. The van der Waals surface area contributed by atoms with Crippen LogP contribution in [0.1, 0.15) is 10.4 Å². The molecule has 0 saturated carbocycles. The first-order chi connectivity index (χ1) is 6.24. The number of amides is 1. The fourth-order valence-electron chi connectivity index (χ4n) is 0.968. The molecule has 0 unspecified atom stereocenters. The number of benzene rings is 1. The molecule has 70 valence electrons. The van der Waals surface area contributed by atoms with Crippen molar-refractivity contribution in [2.45, 2.75) is 0 Å². The highest BCUT2D eigenvalue weighted by Gasteiger charge is 2.03. The van der Waals surface area contributed by atoms with Gasteiger partial charge < -0.3 is 16.8 Å². The molecule has 0 saturated heterocycles. The Bertz CT molecular complexity index is 299. The van der Waals surface area contributed by atoms with Gasteiger partial charge >= 0.3 is 0 Å². The summed E-state index contributed by atoms with van der Waals surface area (Å²) in [7, 11) is 0. The Morgan fingerprint density at radius 3 is 2.85 bits per heavy atom. The van der Waals surface area contributed by atoms with Gasteiger partial charge in [0, 0.05) is 24.3 Å². The van der Waals surface area contributed by atoms with Crippen LogP contribution in [0.5, 0.6) is 0 Å². The summed E-state index contributed by atoms with van der Waals surface area (Å²) in [4.78, 5) is 11.3. The van der Waals surface area contributed by atoms with Gasteiger partial charge in [-0.1, -0.05) is 6.07 Å². The molecule has 0 atom stereocenters. The van der Waals surface area contributed by atoms with E-state index < -0.39 is 0 Å². The van der Waals surface area contributed by atoms with E-state index in [0.29, 0.717) is 24.3 Å². The Labute approximate surface area is 76.9 Å². The molecule has 13 heavy (non-hydrogen) atoms. The lowest BCUT2D eigenvalue weighted by atomic mass is 10.2. The standard InChI is InChI=1S/C9H13N3O/c10-4-5-12-9(13)7-2-1-3-8(11)6-7/h1-3,6H,4-5,10-11H2,(H,12,13). The van der Waals surface area contributed by atoms with E-state index in [0.717, 1.165) is 0 Å². The number of nitrogens with one attached hydrogen (secondary N) is 1. The van der Waals surface area contributed by atoms with Crippen LogP contribution in [0.2, 0.25) is 0 Å². The summed E-state index contributed by atoms with van der Waals surface area (Å²) in [6, 6.07) is 6.82. The molecule has 0 heterocycles. The van der Waals surface area contributed by atoms with Gasteiger partial charge in [-0.25, -0.2) is 0 Å². The number of carbonyl (C=O) groups excluding carboxylic acids is 1. The summed E-state index contributed by atoms with van der Waals surface area (Å²) in [5, 5.41) is 2.66. The second-order valence-corrected chi connectivity index (χ2v) is 2.67. The third-order valence-corrected chi connectivity index (χ3v) is 1.58. The van der Waals surface area contributed by atoms with Crippen LogP contribution in [0.25, 0.3) is 0 Å². The average molecular weight is 179 g/mol. The first-order valence-electron chi connectivity index (χ1n) is 4.08. The normalized spacial score (nSPS) is 9.62. The van der Waals surface area contributed by atoms with Gasteiger partial charge in [0.25, 0.3) is 5.91 Å². The molecule has 0 spiro atoms. The number of rotatable bonds is 3. The average Bonchev–Trinajstić information content (AvgIpc) is 2.14. The van der Waals surface area contributed by atoms with Crippen LogP contribution in [0, 0.1) is 0 Å². The summed E-state index contributed by atoms with van der Waals surface area (Å²) in [6.45, 7) is 0.918. The van der Waals surface area contributed by atoms with Crippen molar-refractivity contribution in [2.24, 2.45) is 5.73 Å². The maximum atomic E-state index is 11.3. The SMILES string of the molecule is NCCNC(=O)c1cccc(N)c1. The molecule has 0 bridgehead atoms. The largest absolute Gasteiger partial charge is 0.399 e. The van der Waals surface area contributed by atoms with E-state index in [-0.39, 0.29) is 5.91 Å². The molecule has 0 aliphatic carbocycles. The van der Waals surface area contributed by atoms with E-state index in [1.165, 1.54) is 0 Å². The minimum absolute atomic E-state index is 0.141. The fourth-order valence-corrected chi connectivity index (χ4v) is 0.968. The molecule has 4 heteroatoms. The Balaban J connectivity index is 2.66. The molecule has 0 aliphatic rings. The summed E-state index contributed by atoms with van der Waals surface area (Å²) >= 11 is 0. The van der Waals surface area contributed by atoms with E-state index in [1.807, 2.05) is 0 Å². The molecule has 0 aliphatic heterocycles. The van der Waals surface area contributed by atoms with E-state index in [1.54, 1.807) is 24.3 Å². The monoisotopic (exact) mass is 179 g/mol. The van der Waals surface area contributed by atoms with Gasteiger partial charge in [0.05, 0.1) is 0 Å². The Kier molecular flexibility index (Phi) is 3.28. The van der Waals surface area contributed by atoms with Crippen molar-refractivity contribution in [1.82, 2.24) is 5.32 Å². The van der Waals surface area contributed by atoms with E-state index in [2.05, 4.69) is 5.32 Å². The lowest BCUT2D eigenvalue weighted by Crippen LogP contribution is -2.28. The molecule has 0 radical (unpaired) electrons. The summed E-state index contributed by atoms with van der Waals surface area (Å²) < 4.78 is 0. The van der Waals surface area contributed by atoms with E-state index in [4.69, 9.17) is 11.5 Å². The number of hydrogen-bond donors (Lipinski definition) is 3. The lowest BCUT2D eigenvalue weighted by molar-refractivity contribution is 0.0955. The second kappa shape index (κ2) is 4.47. The molecule has 0 fully saturated rings. The van der Waals surface area contributed by atoms with Crippen LogP contribution >= 0.6 is 0 Å². The Hall–Kier alpha value is -1.55. The topological polar surface area (TPSA) is 81.1 Å².